The minimum absolute atomic E-state index is 0.00361. The molecular formula is C31H39FN2O3. The van der Waals surface area contributed by atoms with Gasteiger partial charge >= 0.3 is 0 Å². The average molecular weight is 507 g/mol. The van der Waals surface area contributed by atoms with E-state index in [4.69, 9.17) is 9.47 Å². The number of hydrogen-bond acceptors (Lipinski definition) is 4. The highest BCUT2D eigenvalue weighted by Crippen LogP contribution is 2.30. The minimum Gasteiger partial charge on any atom is -0.493 e. The normalized spacial score (nSPS) is 11.8. The monoisotopic (exact) mass is 506 g/mol. The van der Waals surface area contributed by atoms with Gasteiger partial charge in [0.15, 0.2) is 11.5 Å². The zero-order valence-electron chi connectivity index (χ0n) is 22.5. The summed E-state index contributed by atoms with van der Waals surface area (Å²) in [6.45, 7) is 10.3. The Morgan fingerprint density at radius 1 is 0.919 bits per heavy atom. The van der Waals surface area contributed by atoms with Crippen molar-refractivity contribution in [3.05, 3.63) is 95.3 Å². The second kappa shape index (κ2) is 14.4. The Kier molecular flexibility index (Phi) is 11.0. The van der Waals surface area contributed by atoms with Crippen molar-refractivity contribution in [3.8, 4) is 11.5 Å². The molecule has 0 aliphatic heterocycles. The van der Waals surface area contributed by atoms with Crippen LogP contribution in [-0.4, -0.2) is 48.5 Å². The van der Waals surface area contributed by atoms with E-state index in [-0.39, 0.29) is 17.8 Å². The van der Waals surface area contributed by atoms with Gasteiger partial charge in [0.1, 0.15) is 12.4 Å². The van der Waals surface area contributed by atoms with Gasteiger partial charge < -0.3 is 19.3 Å². The van der Waals surface area contributed by atoms with Crippen molar-refractivity contribution in [2.24, 2.45) is 0 Å². The fourth-order valence-corrected chi connectivity index (χ4v) is 4.36. The van der Waals surface area contributed by atoms with E-state index >= 15 is 0 Å². The first kappa shape index (κ1) is 28.2. The molecule has 37 heavy (non-hydrogen) atoms. The summed E-state index contributed by atoms with van der Waals surface area (Å²) in [6.07, 6.45) is 1.86. The Labute approximate surface area is 220 Å². The van der Waals surface area contributed by atoms with Crippen molar-refractivity contribution in [1.82, 2.24) is 9.80 Å². The predicted molar refractivity (Wildman–Crippen MR) is 147 cm³/mol. The van der Waals surface area contributed by atoms with E-state index in [0.717, 1.165) is 43.6 Å². The van der Waals surface area contributed by atoms with Crippen molar-refractivity contribution in [1.29, 1.82) is 0 Å². The van der Waals surface area contributed by atoms with E-state index < -0.39 is 0 Å². The lowest BCUT2D eigenvalue weighted by Crippen LogP contribution is -2.38. The molecule has 3 aromatic carbocycles. The molecule has 0 heterocycles. The molecule has 1 amide bonds. The summed E-state index contributed by atoms with van der Waals surface area (Å²) >= 11 is 0. The van der Waals surface area contributed by atoms with Gasteiger partial charge in [-0.2, -0.15) is 0 Å². The highest BCUT2D eigenvalue weighted by atomic mass is 19.1. The molecule has 3 rings (SSSR count). The maximum atomic E-state index is 13.6. The summed E-state index contributed by atoms with van der Waals surface area (Å²) in [5.41, 5.74) is 2.48. The van der Waals surface area contributed by atoms with Crippen molar-refractivity contribution < 1.29 is 18.7 Å². The highest BCUT2D eigenvalue weighted by Gasteiger charge is 2.23. The second-order valence-corrected chi connectivity index (χ2v) is 9.22. The van der Waals surface area contributed by atoms with Gasteiger partial charge in [0, 0.05) is 18.2 Å². The fraction of sp³-hybridized carbons (Fsp3) is 0.387. The van der Waals surface area contributed by atoms with Crippen molar-refractivity contribution in [3.63, 3.8) is 0 Å². The summed E-state index contributed by atoms with van der Waals surface area (Å²) in [4.78, 5) is 17.8. The number of nitrogens with zero attached hydrogens (tertiary/aromatic N) is 2. The molecule has 0 spiro atoms. The third-order valence-corrected chi connectivity index (χ3v) is 6.69. The zero-order valence-corrected chi connectivity index (χ0v) is 22.5. The van der Waals surface area contributed by atoms with Crippen molar-refractivity contribution in [2.75, 3.05) is 26.7 Å². The van der Waals surface area contributed by atoms with Crippen LogP contribution in [0.15, 0.2) is 72.8 Å². The van der Waals surface area contributed by atoms with E-state index in [1.807, 2.05) is 53.4 Å². The van der Waals surface area contributed by atoms with E-state index in [1.165, 1.54) is 12.1 Å². The predicted octanol–water partition coefficient (Wildman–Crippen LogP) is 6.57. The molecule has 0 bridgehead atoms. The largest absolute Gasteiger partial charge is 0.493 e. The molecule has 1 atom stereocenters. The van der Waals surface area contributed by atoms with Crippen LogP contribution in [0, 0.1) is 5.82 Å². The lowest BCUT2D eigenvalue weighted by molar-refractivity contribution is 0.0662. The minimum atomic E-state index is -0.356. The molecule has 6 heteroatoms. The summed E-state index contributed by atoms with van der Waals surface area (Å²) < 4.78 is 25.1. The van der Waals surface area contributed by atoms with Crippen LogP contribution in [0.5, 0.6) is 11.5 Å². The number of amides is 1. The summed E-state index contributed by atoms with van der Waals surface area (Å²) in [6, 6.07) is 21.5. The molecule has 1 unspecified atom stereocenters. The maximum Gasteiger partial charge on any atom is 0.254 e. The molecule has 0 N–H and O–H groups in total. The molecule has 0 fully saturated rings. The van der Waals surface area contributed by atoms with Crippen LogP contribution >= 0.6 is 0 Å². The van der Waals surface area contributed by atoms with Crippen LogP contribution in [0.25, 0.3) is 0 Å². The maximum absolute atomic E-state index is 13.6. The third kappa shape index (κ3) is 8.32. The zero-order chi connectivity index (χ0) is 26.6. The Morgan fingerprint density at radius 2 is 1.62 bits per heavy atom. The van der Waals surface area contributed by atoms with E-state index in [1.54, 1.807) is 19.2 Å². The van der Waals surface area contributed by atoms with Crippen LogP contribution in [0.1, 0.15) is 55.1 Å². The molecule has 0 aliphatic rings. The van der Waals surface area contributed by atoms with Gasteiger partial charge in [-0.05, 0) is 86.9 Å². The van der Waals surface area contributed by atoms with Gasteiger partial charge in [-0.1, -0.05) is 50.2 Å². The quantitative estimate of drug-likeness (QED) is 0.248. The topological polar surface area (TPSA) is 42.0 Å². The van der Waals surface area contributed by atoms with Crippen molar-refractivity contribution >= 4 is 5.91 Å². The Hall–Kier alpha value is -3.38. The van der Waals surface area contributed by atoms with Gasteiger partial charge in [0.25, 0.3) is 5.91 Å². The summed E-state index contributed by atoms with van der Waals surface area (Å²) in [7, 11) is 1.62. The van der Waals surface area contributed by atoms with E-state index in [0.29, 0.717) is 30.2 Å². The van der Waals surface area contributed by atoms with E-state index in [9.17, 15) is 9.18 Å². The Morgan fingerprint density at radius 3 is 2.27 bits per heavy atom. The SMILES string of the molecule is CCN(CC)CCCC(C)N(Cc1ccc(OC)c(OCc2ccccc2)c1)C(=O)c1ccc(F)cc1. The van der Waals surface area contributed by atoms with Crippen LogP contribution in [0.2, 0.25) is 0 Å². The van der Waals surface area contributed by atoms with Crippen LogP contribution in [0.4, 0.5) is 4.39 Å². The molecule has 198 valence electrons. The number of hydrogen-bond donors (Lipinski definition) is 0. The number of benzene rings is 3. The summed E-state index contributed by atoms with van der Waals surface area (Å²) in [5, 5.41) is 0. The number of halogens is 1. The van der Waals surface area contributed by atoms with Gasteiger partial charge in [0.05, 0.1) is 7.11 Å². The molecule has 0 aromatic heterocycles. The highest BCUT2D eigenvalue weighted by molar-refractivity contribution is 5.94. The van der Waals surface area contributed by atoms with Gasteiger partial charge in [0.2, 0.25) is 0 Å². The smallest absolute Gasteiger partial charge is 0.254 e. The van der Waals surface area contributed by atoms with Crippen LogP contribution < -0.4 is 9.47 Å². The first-order valence-electron chi connectivity index (χ1n) is 13.1. The van der Waals surface area contributed by atoms with Gasteiger partial charge in [-0.15, -0.1) is 0 Å². The molecular weight excluding hydrogens is 467 g/mol. The van der Waals surface area contributed by atoms with E-state index in [2.05, 4.69) is 25.7 Å². The molecule has 0 saturated carbocycles. The molecule has 3 aromatic rings. The van der Waals surface area contributed by atoms with Crippen LogP contribution in [-0.2, 0) is 13.2 Å². The number of methoxy groups -OCH3 is 1. The Balaban J connectivity index is 1.80. The number of carbonyl (C=O) groups excluding carboxylic acids is 1. The molecule has 0 radical (unpaired) electrons. The molecule has 0 aliphatic carbocycles. The van der Waals surface area contributed by atoms with Crippen LogP contribution in [0.3, 0.4) is 0 Å². The Bertz CT molecular complexity index is 1100. The average Bonchev–Trinajstić information content (AvgIpc) is 2.93. The standard InChI is InChI=1S/C31H39FN2O3/c1-5-33(6-2)20-10-11-24(3)34(31(35)27-15-17-28(32)18-16-27)22-26-14-19-29(36-4)30(21-26)37-23-25-12-8-7-9-13-25/h7-9,12-19,21,24H,5-6,10-11,20,22-23H2,1-4H3. The number of rotatable bonds is 14. The van der Waals surface area contributed by atoms with Gasteiger partial charge in [-0.3, -0.25) is 4.79 Å². The lowest BCUT2D eigenvalue weighted by Gasteiger charge is -2.30. The first-order valence-corrected chi connectivity index (χ1v) is 13.1. The number of ether oxygens (including phenoxy) is 2. The third-order valence-electron chi connectivity index (χ3n) is 6.69. The second-order valence-electron chi connectivity index (χ2n) is 9.22. The van der Waals surface area contributed by atoms with Gasteiger partial charge in [-0.25, -0.2) is 4.39 Å². The summed E-state index contributed by atoms with van der Waals surface area (Å²) in [5.74, 6) is 0.805. The first-order chi connectivity index (χ1) is 17.9. The molecule has 0 saturated heterocycles. The number of carbonyl (C=O) groups is 1. The lowest BCUT2D eigenvalue weighted by atomic mass is 10.1. The van der Waals surface area contributed by atoms with Crippen molar-refractivity contribution in [2.45, 2.75) is 52.8 Å². The molecule has 5 nitrogen and oxygen atoms in total. The fourth-order valence-electron chi connectivity index (χ4n) is 4.36.